The summed E-state index contributed by atoms with van der Waals surface area (Å²) in [5.41, 5.74) is 0.895. The SMILES string of the molecule is O=C(/C=C\c1ccc2c(c1)OCO2)N1CC[C@H](c2noc(-c3cccs3)n2)C1. The van der Waals surface area contributed by atoms with Crippen molar-refractivity contribution in [2.24, 2.45) is 0 Å². The van der Waals surface area contributed by atoms with Gasteiger partial charge in [-0.1, -0.05) is 17.3 Å². The number of carbonyl (C=O) groups excluding carboxylic acids is 1. The van der Waals surface area contributed by atoms with Crippen molar-refractivity contribution in [2.75, 3.05) is 19.9 Å². The Balaban J connectivity index is 1.23. The van der Waals surface area contributed by atoms with Crippen molar-refractivity contribution >= 4 is 23.3 Å². The van der Waals surface area contributed by atoms with E-state index in [0.29, 0.717) is 30.6 Å². The Labute approximate surface area is 165 Å². The van der Waals surface area contributed by atoms with Crippen LogP contribution in [0, 0.1) is 0 Å². The standard InChI is InChI=1S/C20H17N3O4S/c24-18(6-4-13-3-5-15-16(10-13)26-12-25-15)23-8-7-14(11-23)19-21-20(27-22-19)17-2-1-9-28-17/h1-6,9-10,14H,7-8,11-12H2/b6-4-/t14-/m0/s1. The number of benzene rings is 1. The third-order valence-electron chi connectivity index (χ3n) is 4.85. The van der Waals surface area contributed by atoms with Gasteiger partial charge in [-0.2, -0.15) is 4.98 Å². The molecule has 0 saturated carbocycles. The molecule has 1 fully saturated rings. The Morgan fingerprint density at radius 2 is 2.18 bits per heavy atom. The van der Waals surface area contributed by atoms with Gasteiger partial charge < -0.3 is 18.9 Å². The molecule has 0 radical (unpaired) electrons. The van der Waals surface area contributed by atoms with Crippen LogP contribution in [0.4, 0.5) is 0 Å². The van der Waals surface area contributed by atoms with Gasteiger partial charge in [-0.25, -0.2) is 0 Å². The van der Waals surface area contributed by atoms with Crippen molar-refractivity contribution in [1.82, 2.24) is 15.0 Å². The maximum Gasteiger partial charge on any atom is 0.267 e. The number of thiophene rings is 1. The van der Waals surface area contributed by atoms with Gasteiger partial charge in [-0.3, -0.25) is 4.79 Å². The highest BCUT2D eigenvalue weighted by Gasteiger charge is 2.30. The molecule has 8 heteroatoms. The summed E-state index contributed by atoms with van der Waals surface area (Å²) in [5.74, 6) is 2.71. The van der Waals surface area contributed by atoms with Gasteiger partial charge in [0.25, 0.3) is 5.89 Å². The molecule has 0 bridgehead atoms. The van der Waals surface area contributed by atoms with Crippen LogP contribution >= 0.6 is 11.3 Å². The van der Waals surface area contributed by atoms with Crippen LogP contribution < -0.4 is 9.47 Å². The number of aromatic nitrogens is 2. The van der Waals surface area contributed by atoms with Crippen LogP contribution in [0.5, 0.6) is 11.5 Å². The van der Waals surface area contributed by atoms with Gasteiger partial charge in [0.1, 0.15) is 0 Å². The first-order valence-corrected chi connectivity index (χ1v) is 9.88. The second-order valence-corrected chi connectivity index (χ2v) is 7.60. The first kappa shape index (κ1) is 17.0. The van der Waals surface area contributed by atoms with Crippen molar-refractivity contribution < 1.29 is 18.8 Å². The average Bonchev–Trinajstić information content (AvgIpc) is 3.50. The quantitative estimate of drug-likeness (QED) is 0.629. The minimum Gasteiger partial charge on any atom is -0.454 e. The Morgan fingerprint density at radius 1 is 1.25 bits per heavy atom. The lowest BCUT2D eigenvalue weighted by Crippen LogP contribution is -2.26. The number of nitrogens with zero attached hydrogens (tertiary/aromatic N) is 3. The molecule has 0 aliphatic carbocycles. The first-order chi connectivity index (χ1) is 13.8. The van der Waals surface area contributed by atoms with E-state index in [0.717, 1.165) is 22.6 Å². The minimum atomic E-state index is -0.0258. The molecule has 142 valence electrons. The third kappa shape index (κ3) is 3.27. The molecule has 1 saturated heterocycles. The molecule has 1 amide bonds. The van der Waals surface area contributed by atoms with Crippen LogP contribution in [0.1, 0.15) is 23.7 Å². The number of fused-ring (bicyclic) bond motifs is 1. The molecule has 0 unspecified atom stereocenters. The Bertz CT molecular complexity index is 1030. The highest BCUT2D eigenvalue weighted by atomic mass is 32.1. The van der Waals surface area contributed by atoms with E-state index in [1.54, 1.807) is 23.5 Å². The molecule has 4 heterocycles. The van der Waals surface area contributed by atoms with Crippen LogP contribution in [0.15, 0.2) is 46.3 Å². The molecule has 2 aromatic heterocycles. The maximum absolute atomic E-state index is 12.5. The Hall–Kier alpha value is -3.13. The molecule has 0 N–H and O–H groups in total. The molecular formula is C20H17N3O4S. The number of rotatable bonds is 4. The molecule has 5 rings (SSSR count). The Morgan fingerprint density at radius 3 is 3.07 bits per heavy atom. The van der Waals surface area contributed by atoms with Crippen molar-refractivity contribution in [2.45, 2.75) is 12.3 Å². The van der Waals surface area contributed by atoms with Gasteiger partial charge in [0.05, 0.1) is 4.88 Å². The zero-order chi connectivity index (χ0) is 18.9. The summed E-state index contributed by atoms with van der Waals surface area (Å²) < 4.78 is 16.0. The largest absolute Gasteiger partial charge is 0.454 e. The summed E-state index contributed by atoms with van der Waals surface area (Å²) >= 11 is 1.56. The molecule has 2 aliphatic rings. The molecule has 1 atom stereocenters. The van der Waals surface area contributed by atoms with E-state index < -0.39 is 0 Å². The number of amides is 1. The van der Waals surface area contributed by atoms with Crippen molar-refractivity contribution in [3.05, 3.63) is 53.2 Å². The van der Waals surface area contributed by atoms with E-state index in [1.807, 2.05) is 40.6 Å². The monoisotopic (exact) mass is 395 g/mol. The van der Waals surface area contributed by atoms with Gasteiger partial charge in [-0.15, -0.1) is 11.3 Å². The number of likely N-dealkylation sites (tertiary alicyclic amines) is 1. The molecule has 7 nitrogen and oxygen atoms in total. The highest BCUT2D eigenvalue weighted by Crippen LogP contribution is 2.33. The summed E-state index contributed by atoms with van der Waals surface area (Å²) in [6.45, 7) is 1.51. The van der Waals surface area contributed by atoms with Crippen molar-refractivity contribution in [3.8, 4) is 22.3 Å². The Kier molecular flexibility index (Phi) is 4.32. The lowest BCUT2D eigenvalue weighted by molar-refractivity contribution is -0.124. The molecular weight excluding hydrogens is 378 g/mol. The molecule has 28 heavy (non-hydrogen) atoms. The zero-order valence-corrected chi connectivity index (χ0v) is 15.7. The second-order valence-electron chi connectivity index (χ2n) is 6.65. The van der Waals surface area contributed by atoms with Crippen LogP contribution in [0.2, 0.25) is 0 Å². The number of carbonyl (C=O) groups is 1. The fourth-order valence-corrected chi connectivity index (χ4v) is 4.01. The summed E-state index contributed by atoms with van der Waals surface area (Å²) in [7, 11) is 0. The number of ether oxygens (including phenoxy) is 2. The van der Waals surface area contributed by atoms with Gasteiger partial charge in [-0.05, 0) is 41.6 Å². The van der Waals surface area contributed by atoms with Crippen molar-refractivity contribution in [3.63, 3.8) is 0 Å². The van der Waals surface area contributed by atoms with Crippen molar-refractivity contribution in [1.29, 1.82) is 0 Å². The summed E-state index contributed by atoms with van der Waals surface area (Å²) in [5, 5.41) is 6.09. The predicted molar refractivity (Wildman–Crippen MR) is 103 cm³/mol. The smallest absolute Gasteiger partial charge is 0.267 e. The lowest BCUT2D eigenvalue weighted by atomic mass is 10.1. The van der Waals surface area contributed by atoms with Gasteiger partial charge in [0, 0.05) is 25.1 Å². The van der Waals surface area contributed by atoms with E-state index in [2.05, 4.69) is 10.1 Å². The molecule has 2 aliphatic heterocycles. The fourth-order valence-electron chi connectivity index (χ4n) is 3.36. The van der Waals surface area contributed by atoms with E-state index >= 15 is 0 Å². The average molecular weight is 395 g/mol. The minimum absolute atomic E-state index is 0.0258. The zero-order valence-electron chi connectivity index (χ0n) is 14.9. The first-order valence-electron chi connectivity index (χ1n) is 9.00. The molecule has 1 aromatic carbocycles. The normalized spacial score (nSPS) is 18.3. The summed E-state index contributed by atoms with van der Waals surface area (Å²) in [6.07, 6.45) is 4.21. The number of hydrogen-bond donors (Lipinski definition) is 0. The van der Waals surface area contributed by atoms with E-state index in [9.17, 15) is 4.79 Å². The van der Waals surface area contributed by atoms with E-state index in [4.69, 9.17) is 14.0 Å². The van der Waals surface area contributed by atoms with Crippen LogP contribution in [-0.4, -0.2) is 40.8 Å². The van der Waals surface area contributed by atoms with Gasteiger partial charge >= 0.3 is 0 Å². The van der Waals surface area contributed by atoms with E-state index in [-0.39, 0.29) is 18.6 Å². The van der Waals surface area contributed by atoms with Crippen LogP contribution in [0.3, 0.4) is 0 Å². The third-order valence-corrected chi connectivity index (χ3v) is 5.71. The van der Waals surface area contributed by atoms with Crippen LogP contribution in [0.25, 0.3) is 16.8 Å². The highest BCUT2D eigenvalue weighted by molar-refractivity contribution is 7.13. The topological polar surface area (TPSA) is 77.7 Å². The van der Waals surface area contributed by atoms with Gasteiger partial charge in [0.2, 0.25) is 12.7 Å². The predicted octanol–water partition coefficient (Wildman–Crippen LogP) is 3.56. The van der Waals surface area contributed by atoms with Gasteiger partial charge in [0.15, 0.2) is 17.3 Å². The fraction of sp³-hybridized carbons (Fsp3) is 0.250. The maximum atomic E-state index is 12.5. The lowest BCUT2D eigenvalue weighted by Gasteiger charge is -2.13. The summed E-state index contributed by atoms with van der Waals surface area (Å²) in [4.78, 5) is 19.8. The van der Waals surface area contributed by atoms with Crippen LogP contribution in [-0.2, 0) is 4.79 Å². The molecule has 0 spiro atoms. The van der Waals surface area contributed by atoms with E-state index in [1.165, 1.54) is 0 Å². The summed E-state index contributed by atoms with van der Waals surface area (Å²) in [6, 6.07) is 9.51. The molecule has 3 aromatic rings. The second kappa shape index (κ2) is 7.12. The number of hydrogen-bond acceptors (Lipinski definition) is 7.